The van der Waals surface area contributed by atoms with Crippen LogP contribution in [0.15, 0.2) is 36.5 Å². The van der Waals surface area contributed by atoms with E-state index in [1.54, 1.807) is 6.92 Å². The van der Waals surface area contributed by atoms with Crippen molar-refractivity contribution in [1.29, 1.82) is 0 Å². The van der Waals surface area contributed by atoms with E-state index in [-0.39, 0.29) is 5.78 Å². The first-order valence-electron chi connectivity index (χ1n) is 7.96. The monoisotopic (exact) mass is 281 g/mol. The van der Waals surface area contributed by atoms with E-state index < -0.39 is 0 Å². The number of nitrogens with zero attached hydrogens (tertiary/aromatic N) is 1. The predicted octanol–water partition coefficient (Wildman–Crippen LogP) is 5.17. The number of carbonyl (C=O) groups excluding carboxylic acids is 1. The third-order valence-electron chi connectivity index (χ3n) is 4.69. The minimum absolute atomic E-state index is 0.168. The molecule has 2 aromatic rings. The van der Waals surface area contributed by atoms with Crippen LogP contribution in [0.25, 0.3) is 11.1 Å². The molecule has 0 unspecified atom stereocenters. The van der Waals surface area contributed by atoms with Crippen molar-refractivity contribution in [2.75, 3.05) is 0 Å². The molecule has 0 aliphatic heterocycles. The molecule has 1 aliphatic rings. The lowest BCUT2D eigenvalue weighted by Crippen LogP contribution is -2.13. The van der Waals surface area contributed by atoms with Gasteiger partial charge in [0.15, 0.2) is 5.78 Å². The van der Waals surface area contributed by atoms with Crippen LogP contribution >= 0.6 is 0 Å². The zero-order chi connectivity index (χ0) is 14.8. The van der Waals surface area contributed by atoms with Crippen LogP contribution in [0.1, 0.15) is 61.1 Å². The average Bonchev–Trinajstić information content (AvgIpc) is 2.87. The molecule has 0 atom stereocenters. The highest BCUT2D eigenvalue weighted by atomic mass is 16.1. The molecule has 1 aromatic heterocycles. The summed E-state index contributed by atoms with van der Waals surface area (Å²) < 4.78 is 2.36. The Morgan fingerprint density at radius 1 is 1.10 bits per heavy atom. The molecule has 2 nitrogen and oxygen atoms in total. The Morgan fingerprint density at radius 2 is 1.76 bits per heavy atom. The van der Waals surface area contributed by atoms with Crippen molar-refractivity contribution in [3.63, 3.8) is 0 Å². The second-order valence-electron chi connectivity index (χ2n) is 6.12. The molecular formula is C19H23NO. The molecule has 1 saturated carbocycles. The van der Waals surface area contributed by atoms with Crippen molar-refractivity contribution in [3.8, 4) is 11.1 Å². The van der Waals surface area contributed by atoms with Gasteiger partial charge in [0.25, 0.3) is 0 Å². The van der Waals surface area contributed by atoms with Crippen molar-refractivity contribution in [2.24, 2.45) is 0 Å². The molecule has 1 heterocycles. The molecule has 0 radical (unpaired) electrons. The Bertz CT molecular complexity index is 633. The molecular weight excluding hydrogens is 258 g/mol. The van der Waals surface area contributed by atoms with Gasteiger partial charge in [0.2, 0.25) is 0 Å². The van der Waals surface area contributed by atoms with Gasteiger partial charge in [0.1, 0.15) is 0 Å². The van der Waals surface area contributed by atoms with Gasteiger partial charge in [-0.3, -0.25) is 4.79 Å². The van der Waals surface area contributed by atoms with Gasteiger partial charge in [0, 0.05) is 29.1 Å². The van der Waals surface area contributed by atoms with Gasteiger partial charge in [-0.1, -0.05) is 49.6 Å². The maximum atomic E-state index is 12.1. The number of benzene rings is 1. The molecule has 0 spiro atoms. The molecule has 0 saturated heterocycles. The van der Waals surface area contributed by atoms with Crippen LogP contribution in [0.2, 0.25) is 0 Å². The molecule has 0 bridgehead atoms. The van der Waals surface area contributed by atoms with Gasteiger partial charge >= 0.3 is 0 Å². The number of Topliss-reactive ketones (excluding diaryl/α,β-unsaturated/α-hetero) is 1. The van der Waals surface area contributed by atoms with Crippen LogP contribution in [0.3, 0.4) is 0 Å². The first-order chi connectivity index (χ1) is 10.2. The van der Waals surface area contributed by atoms with E-state index in [2.05, 4.69) is 29.8 Å². The number of aromatic nitrogens is 1. The summed E-state index contributed by atoms with van der Waals surface area (Å²) in [7, 11) is 0. The summed E-state index contributed by atoms with van der Waals surface area (Å²) in [4.78, 5) is 12.1. The quantitative estimate of drug-likeness (QED) is 0.711. The highest BCUT2D eigenvalue weighted by Crippen LogP contribution is 2.35. The lowest BCUT2D eigenvalue weighted by atomic mass is 9.95. The maximum absolute atomic E-state index is 12.1. The zero-order valence-corrected chi connectivity index (χ0v) is 12.9. The summed E-state index contributed by atoms with van der Waals surface area (Å²) in [6.45, 7) is 3.78. The molecule has 1 aromatic carbocycles. The van der Waals surface area contributed by atoms with Gasteiger partial charge in [-0.15, -0.1) is 0 Å². The lowest BCUT2D eigenvalue weighted by molar-refractivity contribution is 0.101. The number of hydrogen-bond donors (Lipinski definition) is 0. The van der Waals surface area contributed by atoms with E-state index in [0.29, 0.717) is 6.04 Å². The minimum atomic E-state index is 0.168. The molecule has 2 heteroatoms. The van der Waals surface area contributed by atoms with Gasteiger partial charge in [-0.2, -0.15) is 0 Å². The van der Waals surface area contributed by atoms with Crippen molar-refractivity contribution in [1.82, 2.24) is 4.57 Å². The van der Waals surface area contributed by atoms with E-state index in [1.807, 2.05) is 18.2 Å². The largest absolute Gasteiger partial charge is 0.347 e. The van der Waals surface area contributed by atoms with Crippen LogP contribution in [0, 0.1) is 6.92 Å². The number of hydrogen-bond acceptors (Lipinski definition) is 1. The fraction of sp³-hybridized carbons (Fsp3) is 0.421. The van der Waals surface area contributed by atoms with Crippen molar-refractivity contribution in [2.45, 2.75) is 52.0 Å². The lowest BCUT2D eigenvalue weighted by Gasteiger charge is -2.24. The molecule has 110 valence electrons. The van der Waals surface area contributed by atoms with E-state index in [4.69, 9.17) is 0 Å². The summed E-state index contributed by atoms with van der Waals surface area (Å²) in [6.07, 6.45) is 8.64. The van der Waals surface area contributed by atoms with Gasteiger partial charge < -0.3 is 4.57 Å². The Labute approximate surface area is 126 Å². The highest BCUT2D eigenvalue weighted by Gasteiger charge is 2.23. The summed E-state index contributed by atoms with van der Waals surface area (Å²) >= 11 is 0. The summed E-state index contributed by atoms with van der Waals surface area (Å²) in [5, 5.41) is 0. The topological polar surface area (TPSA) is 22.0 Å². The Hall–Kier alpha value is -1.83. The van der Waals surface area contributed by atoms with Gasteiger partial charge in [-0.05, 0) is 32.3 Å². The molecule has 1 aliphatic carbocycles. The van der Waals surface area contributed by atoms with Crippen LogP contribution in [0.5, 0.6) is 0 Å². The molecule has 0 N–H and O–H groups in total. The fourth-order valence-electron chi connectivity index (χ4n) is 3.64. The van der Waals surface area contributed by atoms with Gasteiger partial charge in [0.05, 0.1) is 0 Å². The normalized spacial score (nSPS) is 16.1. The van der Waals surface area contributed by atoms with E-state index in [0.717, 1.165) is 22.4 Å². The first-order valence-corrected chi connectivity index (χ1v) is 7.96. The number of carbonyl (C=O) groups is 1. The predicted molar refractivity (Wildman–Crippen MR) is 86.7 cm³/mol. The van der Waals surface area contributed by atoms with Crippen molar-refractivity contribution in [3.05, 3.63) is 47.8 Å². The van der Waals surface area contributed by atoms with Crippen LogP contribution in [0.4, 0.5) is 0 Å². The van der Waals surface area contributed by atoms with Crippen LogP contribution in [-0.4, -0.2) is 10.4 Å². The van der Waals surface area contributed by atoms with Crippen molar-refractivity contribution < 1.29 is 4.79 Å². The minimum Gasteiger partial charge on any atom is -0.347 e. The van der Waals surface area contributed by atoms with E-state index in [9.17, 15) is 4.79 Å². The van der Waals surface area contributed by atoms with Crippen molar-refractivity contribution >= 4 is 5.78 Å². The van der Waals surface area contributed by atoms with Crippen LogP contribution in [-0.2, 0) is 0 Å². The average molecular weight is 281 g/mol. The highest BCUT2D eigenvalue weighted by molar-refractivity contribution is 6.02. The Morgan fingerprint density at radius 3 is 2.38 bits per heavy atom. The standard InChI is InChI=1S/C19H23NO/c1-14-19(15(2)21)18(16-9-5-3-6-10-16)13-20(14)17-11-7-4-8-12-17/h3,5-6,9-10,13,17H,4,7-8,11-12H2,1-2H3. The zero-order valence-electron chi connectivity index (χ0n) is 12.9. The number of ketones is 1. The summed E-state index contributed by atoms with van der Waals surface area (Å²) in [5.41, 5.74) is 4.26. The Balaban J connectivity index is 2.09. The third-order valence-corrected chi connectivity index (χ3v) is 4.69. The second kappa shape index (κ2) is 5.88. The van der Waals surface area contributed by atoms with Gasteiger partial charge in [-0.25, -0.2) is 0 Å². The van der Waals surface area contributed by atoms with E-state index in [1.165, 1.54) is 32.1 Å². The SMILES string of the molecule is CC(=O)c1c(-c2ccccc2)cn(C2CCCCC2)c1C. The first kappa shape index (κ1) is 14.1. The molecule has 21 heavy (non-hydrogen) atoms. The molecule has 0 amide bonds. The molecule has 1 fully saturated rings. The fourth-order valence-corrected chi connectivity index (χ4v) is 3.64. The summed E-state index contributed by atoms with van der Waals surface area (Å²) in [6, 6.07) is 10.8. The number of rotatable bonds is 3. The smallest absolute Gasteiger partial charge is 0.162 e. The Kier molecular flexibility index (Phi) is 3.96. The van der Waals surface area contributed by atoms with Crippen LogP contribution < -0.4 is 0 Å². The summed E-state index contributed by atoms with van der Waals surface area (Å²) in [5.74, 6) is 0.168. The second-order valence-corrected chi connectivity index (χ2v) is 6.12. The maximum Gasteiger partial charge on any atom is 0.162 e. The molecule has 3 rings (SSSR count). The third kappa shape index (κ3) is 2.67. The van der Waals surface area contributed by atoms with E-state index >= 15 is 0 Å².